The summed E-state index contributed by atoms with van der Waals surface area (Å²) in [5.74, 6) is 0. The Hall–Kier alpha value is -1.65. The van der Waals surface area contributed by atoms with Crippen LogP contribution in [0.25, 0.3) is 0 Å². The Labute approximate surface area is 132 Å². The zero-order valence-corrected chi connectivity index (χ0v) is 13.5. The van der Waals surface area contributed by atoms with Crippen LogP contribution in [0.2, 0.25) is 0 Å². The van der Waals surface area contributed by atoms with Gasteiger partial charge in [0.25, 0.3) is 0 Å². The Morgan fingerprint density at radius 2 is 2.18 bits per heavy atom. The Morgan fingerprint density at radius 1 is 1.32 bits per heavy atom. The number of rotatable bonds is 6. The summed E-state index contributed by atoms with van der Waals surface area (Å²) < 4.78 is 7.39. The fourth-order valence-corrected chi connectivity index (χ4v) is 3.41. The first-order valence-corrected chi connectivity index (χ1v) is 8.07. The fourth-order valence-electron chi connectivity index (χ4n) is 3.41. The minimum Gasteiger partial charge on any atom is -0.383 e. The van der Waals surface area contributed by atoms with Crippen molar-refractivity contribution < 1.29 is 4.74 Å². The number of imidazole rings is 1. The fraction of sp³-hybridized carbons (Fsp3) is 0.500. The van der Waals surface area contributed by atoms with Crippen LogP contribution in [0.3, 0.4) is 0 Å². The molecule has 1 unspecified atom stereocenters. The maximum atomic E-state index is 5.18. The van der Waals surface area contributed by atoms with E-state index in [1.54, 1.807) is 7.11 Å². The molecule has 1 aromatic heterocycles. The van der Waals surface area contributed by atoms with E-state index in [1.807, 2.05) is 12.5 Å². The summed E-state index contributed by atoms with van der Waals surface area (Å²) in [5, 5.41) is 0. The lowest BCUT2D eigenvalue weighted by molar-refractivity contribution is 0.183. The van der Waals surface area contributed by atoms with E-state index in [1.165, 1.54) is 29.7 Å². The SMILES string of the molecule is COCCn1cncc1CN1CCCC1c1ccccc1C. The maximum Gasteiger partial charge on any atom is 0.0949 e. The molecule has 2 heterocycles. The lowest BCUT2D eigenvalue weighted by atomic mass is 9.99. The van der Waals surface area contributed by atoms with Crippen LogP contribution in [-0.2, 0) is 17.8 Å². The molecule has 1 aliphatic heterocycles. The Balaban J connectivity index is 1.74. The van der Waals surface area contributed by atoms with Crippen molar-refractivity contribution in [3.63, 3.8) is 0 Å². The van der Waals surface area contributed by atoms with E-state index < -0.39 is 0 Å². The molecular weight excluding hydrogens is 274 g/mol. The molecule has 3 rings (SSSR count). The van der Waals surface area contributed by atoms with E-state index in [4.69, 9.17) is 4.74 Å². The summed E-state index contributed by atoms with van der Waals surface area (Å²) in [5.41, 5.74) is 4.15. The van der Waals surface area contributed by atoms with Gasteiger partial charge in [-0.15, -0.1) is 0 Å². The van der Waals surface area contributed by atoms with Gasteiger partial charge in [-0.2, -0.15) is 0 Å². The average Bonchev–Trinajstić information content (AvgIpc) is 3.16. The van der Waals surface area contributed by atoms with Crippen molar-refractivity contribution in [2.45, 2.75) is 38.9 Å². The van der Waals surface area contributed by atoms with Gasteiger partial charge in [0.1, 0.15) is 0 Å². The summed E-state index contributed by atoms with van der Waals surface area (Å²) >= 11 is 0. The first-order valence-electron chi connectivity index (χ1n) is 8.07. The van der Waals surface area contributed by atoms with E-state index in [0.29, 0.717) is 6.04 Å². The van der Waals surface area contributed by atoms with E-state index in [2.05, 4.69) is 45.6 Å². The number of nitrogens with zero attached hydrogens (tertiary/aromatic N) is 3. The van der Waals surface area contributed by atoms with E-state index in [9.17, 15) is 0 Å². The van der Waals surface area contributed by atoms with Crippen LogP contribution in [0, 0.1) is 6.92 Å². The second-order valence-electron chi connectivity index (χ2n) is 6.06. The molecule has 0 bridgehead atoms. The molecule has 22 heavy (non-hydrogen) atoms. The van der Waals surface area contributed by atoms with Gasteiger partial charge in [-0.1, -0.05) is 24.3 Å². The van der Waals surface area contributed by atoms with Crippen LogP contribution < -0.4 is 0 Å². The number of hydrogen-bond acceptors (Lipinski definition) is 3. The maximum absolute atomic E-state index is 5.18. The van der Waals surface area contributed by atoms with Crippen molar-refractivity contribution in [1.82, 2.24) is 14.5 Å². The van der Waals surface area contributed by atoms with Gasteiger partial charge in [0.05, 0.1) is 18.6 Å². The monoisotopic (exact) mass is 299 g/mol. The van der Waals surface area contributed by atoms with Crippen molar-refractivity contribution in [2.24, 2.45) is 0 Å². The second kappa shape index (κ2) is 7.07. The molecule has 1 aliphatic rings. The third-order valence-electron chi connectivity index (χ3n) is 4.61. The number of methoxy groups -OCH3 is 1. The van der Waals surface area contributed by atoms with Crippen LogP contribution in [-0.4, -0.2) is 34.7 Å². The third kappa shape index (κ3) is 3.23. The Bertz CT molecular complexity index is 608. The van der Waals surface area contributed by atoms with Gasteiger partial charge in [0, 0.05) is 32.4 Å². The molecule has 1 fully saturated rings. The van der Waals surface area contributed by atoms with Gasteiger partial charge in [-0.3, -0.25) is 4.90 Å². The largest absolute Gasteiger partial charge is 0.383 e. The predicted molar refractivity (Wildman–Crippen MR) is 87.7 cm³/mol. The molecule has 0 radical (unpaired) electrons. The number of aryl methyl sites for hydroxylation is 1. The van der Waals surface area contributed by atoms with Crippen LogP contribution >= 0.6 is 0 Å². The minimum atomic E-state index is 0.534. The van der Waals surface area contributed by atoms with Gasteiger partial charge in [-0.25, -0.2) is 4.98 Å². The normalized spacial score (nSPS) is 18.9. The highest BCUT2D eigenvalue weighted by molar-refractivity contribution is 5.29. The molecule has 1 atom stereocenters. The van der Waals surface area contributed by atoms with Crippen molar-refractivity contribution in [1.29, 1.82) is 0 Å². The first-order chi connectivity index (χ1) is 10.8. The average molecular weight is 299 g/mol. The van der Waals surface area contributed by atoms with E-state index in [0.717, 1.165) is 26.2 Å². The van der Waals surface area contributed by atoms with Crippen molar-refractivity contribution >= 4 is 0 Å². The summed E-state index contributed by atoms with van der Waals surface area (Å²) in [7, 11) is 1.74. The summed E-state index contributed by atoms with van der Waals surface area (Å²) in [4.78, 5) is 6.90. The van der Waals surface area contributed by atoms with Crippen molar-refractivity contribution in [2.75, 3.05) is 20.3 Å². The summed E-state index contributed by atoms with van der Waals surface area (Å²) in [6.45, 7) is 5.94. The van der Waals surface area contributed by atoms with Gasteiger partial charge in [0.2, 0.25) is 0 Å². The highest BCUT2D eigenvalue weighted by Crippen LogP contribution is 2.34. The molecule has 2 aromatic rings. The van der Waals surface area contributed by atoms with Gasteiger partial charge in [0.15, 0.2) is 0 Å². The quantitative estimate of drug-likeness (QED) is 0.820. The standard InChI is InChI=1S/C18H25N3O/c1-15-6-3-4-7-17(15)18-8-5-9-20(18)13-16-12-19-14-21(16)10-11-22-2/h3-4,6-7,12,14,18H,5,8-11,13H2,1-2H3. The zero-order chi connectivity index (χ0) is 15.4. The first kappa shape index (κ1) is 15.3. The number of aromatic nitrogens is 2. The molecular formula is C18H25N3O. The van der Waals surface area contributed by atoms with Crippen LogP contribution in [0.5, 0.6) is 0 Å². The lowest BCUT2D eigenvalue weighted by Crippen LogP contribution is -2.25. The van der Waals surface area contributed by atoms with Gasteiger partial charge >= 0.3 is 0 Å². The number of ether oxygens (including phenoxy) is 1. The number of likely N-dealkylation sites (tertiary alicyclic amines) is 1. The highest BCUT2D eigenvalue weighted by Gasteiger charge is 2.27. The smallest absolute Gasteiger partial charge is 0.0949 e. The molecule has 0 N–H and O–H groups in total. The lowest BCUT2D eigenvalue weighted by Gasteiger charge is -2.26. The minimum absolute atomic E-state index is 0.534. The van der Waals surface area contributed by atoms with E-state index in [-0.39, 0.29) is 0 Å². The summed E-state index contributed by atoms with van der Waals surface area (Å²) in [6.07, 6.45) is 6.42. The molecule has 4 heteroatoms. The van der Waals surface area contributed by atoms with Gasteiger partial charge in [-0.05, 0) is 37.4 Å². The highest BCUT2D eigenvalue weighted by atomic mass is 16.5. The molecule has 0 spiro atoms. The summed E-state index contributed by atoms with van der Waals surface area (Å²) in [6, 6.07) is 9.31. The molecule has 0 aliphatic carbocycles. The van der Waals surface area contributed by atoms with E-state index >= 15 is 0 Å². The van der Waals surface area contributed by atoms with Gasteiger partial charge < -0.3 is 9.30 Å². The Kier molecular flexibility index (Phi) is 4.90. The van der Waals surface area contributed by atoms with Crippen molar-refractivity contribution in [3.8, 4) is 0 Å². The van der Waals surface area contributed by atoms with Crippen molar-refractivity contribution in [3.05, 3.63) is 53.6 Å². The molecule has 1 saturated heterocycles. The predicted octanol–water partition coefficient (Wildman–Crippen LogP) is 3.18. The molecule has 118 valence electrons. The zero-order valence-electron chi connectivity index (χ0n) is 13.5. The van der Waals surface area contributed by atoms with Crippen LogP contribution in [0.4, 0.5) is 0 Å². The van der Waals surface area contributed by atoms with Crippen LogP contribution in [0.1, 0.15) is 35.7 Å². The third-order valence-corrected chi connectivity index (χ3v) is 4.61. The molecule has 0 amide bonds. The molecule has 1 aromatic carbocycles. The topological polar surface area (TPSA) is 30.3 Å². The molecule has 0 saturated carbocycles. The molecule has 4 nitrogen and oxygen atoms in total. The number of hydrogen-bond donors (Lipinski definition) is 0. The number of benzene rings is 1. The Morgan fingerprint density at radius 3 is 3.00 bits per heavy atom. The van der Waals surface area contributed by atoms with Crippen LogP contribution in [0.15, 0.2) is 36.8 Å². The second-order valence-corrected chi connectivity index (χ2v) is 6.06.